The molecule has 0 aliphatic rings. The number of rotatable bonds is 7. The number of carbonyl (C=O) groups is 2. The van der Waals surface area contributed by atoms with Gasteiger partial charge in [-0.3, -0.25) is 9.59 Å². The van der Waals surface area contributed by atoms with Gasteiger partial charge in [0.25, 0.3) is 5.91 Å². The number of hydrogen-bond acceptors (Lipinski definition) is 6. The molecule has 27 heavy (non-hydrogen) atoms. The summed E-state index contributed by atoms with van der Waals surface area (Å²) in [7, 11) is 3.35. The highest BCUT2D eigenvalue weighted by molar-refractivity contribution is 7.15. The maximum atomic E-state index is 12.5. The van der Waals surface area contributed by atoms with Crippen molar-refractivity contribution in [3.8, 4) is 5.75 Å². The molecule has 1 aromatic carbocycles. The van der Waals surface area contributed by atoms with Gasteiger partial charge in [-0.1, -0.05) is 6.07 Å². The Bertz CT molecular complexity index is 813. The summed E-state index contributed by atoms with van der Waals surface area (Å²) in [6.07, 6.45) is 0. The lowest BCUT2D eigenvalue weighted by molar-refractivity contribution is -0.130. The van der Waals surface area contributed by atoms with E-state index in [-0.39, 0.29) is 18.4 Å². The number of nitrogens with zero attached hydrogens (tertiary/aromatic N) is 2. The highest BCUT2D eigenvalue weighted by Gasteiger charge is 2.17. The molecule has 0 aliphatic heterocycles. The molecule has 2 amide bonds. The molecule has 0 aliphatic carbocycles. The molecule has 2 N–H and O–H groups in total. The lowest BCUT2D eigenvalue weighted by Gasteiger charge is -2.19. The Kier molecular flexibility index (Phi) is 6.79. The van der Waals surface area contributed by atoms with E-state index in [0.29, 0.717) is 16.6 Å². The topological polar surface area (TPSA) is 83.6 Å². The Labute approximate surface area is 163 Å². The molecule has 0 bridgehead atoms. The number of anilines is 2. The van der Waals surface area contributed by atoms with E-state index in [4.69, 9.17) is 4.74 Å². The van der Waals surface area contributed by atoms with Crippen LogP contribution in [-0.2, 0) is 9.59 Å². The molecular weight excluding hydrogens is 364 g/mol. The first-order valence-corrected chi connectivity index (χ1v) is 9.44. The van der Waals surface area contributed by atoms with Crippen LogP contribution in [0.4, 0.5) is 10.8 Å². The van der Waals surface area contributed by atoms with Crippen molar-refractivity contribution in [2.24, 2.45) is 0 Å². The van der Waals surface area contributed by atoms with Gasteiger partial charge in [-0.25, -0.2) is 4.98 Å². The van der Waals surface area contributed by atoms with Crippen LogP contribution in [-0.4, -0.2) is 48.4 Å². The Balaban J connectivity index is 2.06. The average Bonchev–Trinajstić information content (AvgIpc) is 2.91. The second-order valence-corrected chi connectivity index (χ2v) is 7.80. The van der Waals surface area contributed by atoms with Crippen LogP contribution in [0, 0.1) is 20.8 Å². The number of aryl methyl sites for hydroxylation is 3. The molecule has 0 fully saturated rings. The molecule has 0 saturated heterocycles. The number of nitrogens with one attached hydrogen (secondary N) is 2. The third kappa shape index (κ3) is 5.68. The van der Waals surface area contributed by atoms with Crippen LogP contribution in [0.2, 0.25) is 0 Å². The van der Waals surface area contributed by atoms with Gasteiger partial charge in [0.1, 0.15) is 11.8 Å². The van der Waals surface area contributed by atoms with Gasteiger partial charge in [-0.2, -0.15) is 0 Å². The fourth-order valence-corrected chi connectivity index (χ4v) is 2.99. The molecule has 2 aromatic rings. The largest absolute Gasteiger partial charge is 0.482 e. The molecular formula is C19H26N4O3S. The molecule has 0 saturated carbocycles. The number of ether oxygens (including phenoxy) is 1. The van der Waals surface area contributed by atoms with Gasteiger partial charge in [-0.15, -0.1) is 11.3 Å². The summed E-state index contributed by atoms with van der Waals surface area (Å²) < 4.78 is 5.66. The normalized spacial score (nSPS) is 11.6. The highest BCUT2D eigenvalue weighted by atomic mass is 32.1. The van der Waals surface area contributed by atoms with Gasteiger partial charge in [0.15, 0.2) is 11.7 Å². The van der Waals surface area contributed by atoms with E-state index in [1.165, 1.54) is 16.2 Å². The summed E-state index contributed by atoms with van der Waals surface area (Å²) in [6, 6.07) is 5.08. The van der Waals surface area contributed by atoms with Gasteiger partial charge in [0.05, 0.1) is 11.4 Å². The van der Waals surface area contributed by atoms with Crippen LogP contribution in [0.5, 0.6) is 5.75 Å². The minimum atomic E-state index is -0.510. The van der Waals surface area contributed by atoms with Crippen LogP contribution in [0.3, 0.4) is 0 Å². The lowest BCUT2D eigenvalue weighted by Crippen LogP contribution is -2.32. The van der Waals surface area contributed by atoms with Gasteiger partial charge in [0.2, 0.25) is 5.91 Å². The number of benzene rings is 1. The maximum Gasteiger partial charge on any atom is 0.259 e. The van der Waals surface area contributed by atoms with Crippen molar-refractivity contribution in [2.75, 3.05) is 31.3 Å². The number of thiazole rings is 1. The van der Waals surface area contributed by atoms with E-state index in [9.17, 15) is 9.59 Å². The molecule has 1 aromatic heterocycles. The van der Waals surface area contributed by atoms with Crippen molar-refractivity contribution in [1.29, 1.82) is 0 Å². The second-order valence-electron chi connectivity index (χ2n) is 6.59. The van der Waals surface area contributed by atoms with E-state index in [1.54, 1.807) is 21.0 Å². The monoisotopic (exact) mass is 390 g/mol. The number of carbonyl (C=O) groups excluding carboxylic acids is 2. The minimum Gasteiger partial charge on any atom is -0.482 e. The standard InChI is InChI=1S/C19H26N4O3S/c1-11-7-8-15(16(9-11)26-10-17(24)23(5)6)20-13(3)18(25)22-19-21-12(2)14(4)27-19/h7-9,13,20H,10H2,1-6H3,(H,21,22,25). The molecule has 1 atom stereocenters. The van der Waals surface area contributed by atoms with Crippen molar-refractivity contribution in [1.82, 2.24) is 9.88 Å². The van der Waals surface area contributed by atoms with Crippen LogP contribution < -0.4 is 15.4 Å². The predicted molar refractivity (Wildman–Crippen MR) is 109 cm³/mol. The summed E-state index contributed by atoms with van der Waals surface area (Å²) in [5.74, 6) is 0.202. The molecule has 0 radical (unpaired) electrons. The number of aromatic nitrogens is 1. The summed E-state index contributed by atoms with van der Waals surface area (Å²) in [5, 5.41) is 6.55. The van der Waals surface area contributed by atoms with Crippen molar-refractivity contribution in [2.45, 2.75) is 33.7 Å². The van der Waals surface area contributed by atoms with E-state index in [0.717, 1.165) is 16.1 Å². The first-order chi connectivity index (χ1) is 12.7. The van der Waals surface area contributed by atoms with Crippen LogP contribution in [0.1, 0.15) is 23.1 Å². The van der Waals surface area contributed by atoms with Gasteiger partial charge in [-0.05, 0) is 45.4 Å². The van der Waals surface area contributed by atoms with Gasteiger partial charge < -0.3 is 20.3 Å². The fraction of sp³-hybridized carbons (Fsp3) is 0.421. The quantitative estimate of drug-likeness (QED) is 0.759. The van der Waals surface area contributed by atoms with Crippen molar-refractivity contribution in [3.63, 3.8) is 0 Å². The zero-order valence-electron chi connectivity index (χ0n) is 16.5. The fourth-order valence-electron chi connectivity index (χ4n) is 2.18. The van der Waals surface area contributed by atoms with E-state index >= 15 is 0 Å². The molecule has 2 rings (SSSR count). The van der Waals surface area contributed by atoms with Crippen molar-refractivity contribution >= 4 is 34.0 Å². The molecule has 8 heteroatoms. The second kappa shape index (κ2) is 8.85. The van der Waals surface area contributed by atoms with Crippen LogP contribution in [0.15, 0.2) is 18.2 Å². The summed E-state index contributed by atoms with van der Waals surface area (Å²) in [6.45, 7) is 7.51. The summed E-state index contributed by atoms with van der Waals surface area (Å²) in [5.41, 5.74) is 2.57. The summed E-state index contributed by atoms with van der Waals surface area (Å²) >= 11 is 1.45. The Morgan fingerprint density at radius 2 is 1.96 bits per heavy atom. The smallest absolute Gasteiger partial charge is 0.259 e. The minimum absolute atomic E-state index is 0.0661. The van der Waals surface area contributed by atoms with Crippen LogP contribution in [0.25, 0.3) is 0 Å². The molecule has 146 valence electrons. The summed E-state index contributed by atoms with van der Waals surface area (Å²) in [4.78, 5) is 31.1. The third-order valence-electron chi connectivity index (χ3n) is 4.01. The van der Waals surface area contributed by atoms with Crippen LogP contribution >= 0.6 is 11.3 Å². The van der Waals surface area contributed by atoms with E-state index in [2.05, 4.69) is 15.6 Å². The van der Waals surface area contributed by atoms with Crippen molar-refractivity contribution < 1.29 is 14.3 Å². The Morgan fingerprint density at radius 3 is 2.56 bits per heavy atom. The highest BCUT2D eigenvalue weighted by Crippen LogP contribution is 2.27. The molecule has 7 nitrogen and oxygen atoms in total. The SMILES string of the molecule is Cc1ccc(NC(C)C(=O)Nc2nc(C)c(C)s2)c(OCC(=O)N(C)C)c1. The average molecular weight is 391 g/mol. The zero-order valence-corrected chi connectivity index (χ0v) is 17.4. The zero-order chi connectivity index (χ0) is 20.1. The Morgan fingerprint density at radius 1 is 1.26 bits per heavy atom. The lowest BCUT2D eigenvalue weighted by atomic mass is 10.2. The number of amides is 2. The first-order valence-electron chi connectivity index (χ1n) is 8.62. The van der Waals surface area contributed by atoms with E-state index in [1.807, 2.05) is 39.0 Å². The molecule has 0 spiro atoms. The molecule has 1 unspecified atom stereocenters. The van der Waals surface area contributed by atoms with E-state index < -0.39 is 6.04 Å². The van der Waals surface area contributed by atoms with Gasteiger partial charge in [0, 0.05) is 19.0 Å². The predicted octanol–water partition coefficient (Wildman–Crippen LogP) is 2.97. The first kappa shape index (κ1) is 20.7. The van der Waals surface area contributed by atoms with Gasteiger partial charge >= 0.3 is 0 Å². The Hall–Kier alpha value is -2.61. The molecule has 1 heterocycles. The van der Waals surface area contributed by atoms with Crippen molar-refractivity contribution in [3.05, 3.63) is 34.3 Å². The number of hydrogen-bond donors (Lipinski definition) is 2. The third-order valence-corrected chi connectivity index (χ3v) is 5.00. The number of likely N-dealkylation sites (N-methyl/N-ethyl adjacent to an activating group) is 1. The maximum absolute atomic E-state index is 12.5.